The van der Waals surface area contributed by atoms with Crippen LogP contribution >= 0.6 is 23.1 Å². The molecular weight excluding hydrogens is 384 g/mol. The molecule has 2 aromatic heterocycles. The van der Waals surface area contributed by atoms with Gasteiger partial charge < -0.3 is 15.0 Å². The van der Waals surface area contributed by atoms with E-state index < -0.39 is 5.97 Å². The number of carbonyl (C=O) groups is 1. The van der Waals surface area contributed by atoms with E-state index >= 15 is 0 Å². The fourth-order valence-electron chi connectivity index (χ4n) is 2.20. The van der Waals surface area contributed by atoms with Crippen LogP contribution in [0, 0.1) is 6.92 Å². The predicted octanol–water partition coefficient (Wildman–Crippen LogP) is 3.29. The number of aromatic nitrogens is 3. The number of methoxy groups -OCH3 is 1. The number of H-pyrrole nitrogens is 1. The topological polar surface area (TPSA) is 97.0 Å². The molecule has 0 spiro atoms. The number of aromatic amines is 1. The number of hydrogen-bond acceptors (Lipinski definition) is 8. The van der Waals surface area contributed by atoms with Crippen LogP contribution in [0.2, 0.25) is 0 Å². The highest BCUT2D eigenvalue weighted by molar-refractivity contribution is 7.98. The van der Waals surface area contributed by atoms with Gasteiger partial charge in [-0.15, -0.1) is 11.3 Å². The zero-order chi connectivity index (χ0) is 19.2. The van der Waals surface area contributed by atoms with E-state index in [1.807, 2.05) is 36.6 Å². The summed E-state index contributed by atoms with van der Waals surface area (Å²) in [7, 11) is 1.30. The molecule has 3 aromatic rings. The van der Waals surface area contributed by atoms with Gasteiger partial charge in [0.1, 0.15) is 0 Å². The number of thioether (sulfide) groups is 1. The minimum Gasteiger partial charge on any atom is -0.469 e. The number of thiazole rings is 1. The summed E-state index contributed by atoms with van der Waals surface area (Å²) in [6.45, 7) is 2.04. The smallest absolute Gasteiger partial charge is 0.311 e. The Bertz CT molecular complexity index is 983. The lowest BCUT2D eigenvalue weighted by molar-refractivity contribution is -0.139. The van der Waals surface area contributed by atoms with Crippen LogP contribution in [0.1, 0.15) is 17.0 Å². The molecule has 0 unspecified atom stereocenters. The number of benzene rings is 1. The number of anilines is 2. The van der Waals surface area contributed by atoms with Crippen molar-refractivity contribution >= 4 is 39.9 Å². The lowest BCUT2D eigenvalue weighted by atomic mass is 10.2. The second-order valence-electron chi connectivity index (χ2n) is 5.72. The molecule has 1 aromatic carbocycles. The van der Waals surface area contributed by atoms with E-state index in [-0.39, 0.29) is 12.0 Å². The van der Waals surface area contributed by atoms with Crippen molar-refractivity contribution in [3.63, 3.8) is 0 Å². The van der Waals surface area contributed by atoms with E-state index in [1.54, 1.807) is 0 Å². The van der Waals surface area contributed by atoms with Gasteiger partial charge in [-0.2, -0.15) is 0 Å². The number of aryl methyl sites for hydroxylation is 1. The average Bonchev–Trinajstić information content (AvgIpc) is 3.09. The van der Waals surface area contributed by atoms with Gasteiger partial charge in [0.15, 0.2) is 10.3 Å². The van der Waals surface area contributed by atoms with Gasteiger partial charge in [0, 0.05) is 22.9 Å². The summed E-state index contributed by atoms with van der Waals surface area (Å²) in [6, 6.07) is 9.39. The monoisotopic (exact) mass is 402 g/mol. The number of carbonyl (C=O) groups excluding carboxylic acids is 1. The number of rotatable bonds is 7. The Hall–Kier alpha value is -2.65. The first-order valence-corrected chi connectivity index (χ1v) is 9.96. The first-order chi connectivity index (χ1) is 13.0. The van der Waals surface area contributed by atoms with E-state index in [0.29, 0.717) is 16.6 Å². The molecule has 27 heavy (non-hydrogen) atoms. The van der Waals surface area contributed by atoms with Crippen LogP contribution in [-0.4, -0.2) is 28.0 Å². The second kappa shape index (κ2) is 8.83. The van der Waals surface area contributed by atoms with Gasteiger partial charge in [0.05, 0.1) is 24.9 Å². The standard InChI is InChI=1S/C18H18N4O3S2/c1-11-3-5-12(6-4-11)19-17-21-14(9-26-17)10-27-18-20-13(7-15(23)22-18)8-16(24)25-2/h3-7,9H,8,10H2,1-2H3,(H,19,21)(H,20,22,23). The van der Waals surface area contributed by atoms with Crippen LogP contribution in [-0.2, 0) is 21.7 Å². The fourth-order valence-corrected chi connectivity index (χ4v) is 3.82. The van der Waals surface area contributed by atoms with Crippen LogP contribution in [0.3, 0.4) is 0 Å². The zero-order valence-corrected chi connectivity index (χ0v) is 16.4. The molecule has 0 atom stereocenters. The van der Waals surface area contributed by atoms with E-state index in [4.69, 9.17) is 0 Å². The lowest BCUT2D eigenvalue weighted by Crippen LogP contribution is -2.13. The quantitative estimate of drug-likeness (QED) is 0.356. The molecule has 0 amide bonds. The Morgan fingerprint density at radius 3 is 2.78 bits per heavy atom. The molecule has 0 saturated carbocycles. The lowest BCUT2D eigenvalue weighted by Gasteiger charge is -2.03. The molecule has 0 saturated heterocycles. The Morgan fingerprint density at radius 1 is 1.26 bits per heavy atom. The molecule has 2 N–H and O–H groups in total. The largest absolute Gasteiger partial charge is 0.469 e. The normalized spacial score (nSPS) is 10.6. The SMILES string of the molecule is COC(=O)Cc1cc(=O)[nH]c(SCc2csc(Nc3ccc(C)cc3)n2)n1. The minimum atomic E-state index is -0.435. The van der Waals surface area contributed by atoms with Crippen molar-refractivity contribution in [2.24, 2.45) is 0 Å². The van der Waals surface area contributed by atoms with Gasteiger partial charge in [0.25, 0.3) is 5.56 Å². The summed E-state index contributed by atoms with van der Waals surface area (Å²) < 4.78 is 4.61. The molecule has 2 heterocycles. The molecular formula is C18H18N4O3S2. The number of esters is 1. The molecule has 0 bridgehead atoms. The van der Waals surface area contributed by atoms with Crippen molar-refractivity contribution in [2.75, 3.05) is 12.4 Å². The molecule has 9 heteroatoms. The molecule has 140 valence electrons. The predicted molar refractivity (Wildman–Crippen MR) is 107 cm³/mol. The van der Waals surface area contributed by atoms with Gasteiger partial charge in [-0.3, -0.25) is 9.59 Å². The molecule has 0 radical (unpaired) electrons. The van der Waals surface area contributed by atoms with E-state index in [2.05, 4.69) is 25.0 Å². The summed E-state index contributed by atoms with van der Waals surface area (Å²) in [5, 5.41) is 6.48. The van der Waals surface area contributed by atoms with Crippen LogP contribution in [0.25, 0.3) is 0 Å². The third kappa shape index (κ3) is 5.66. The van der Waals surface area contributed by atoms with Crippen molar-refractivity contribution in [2.45, 2.75) is 24.3 Å². The molecule has 0 aliphatic rings. The van der Waals surface area contributed by atoms with Crippen LogP contribution < -0.4 is 10.9 Å². The van der Waals surface area contributed by atoms with Crippen molar-refractivity contribution < 1.29 is 9.53 Å². The van der Waals surface area contributed by atoms with Gasteiger partial charge in [-0.25, -0.2) is 9.97 Å². The molecule has 3 rings (SSSR count). The summed E-state index contributed by atoms with van der Waals surface area (Å²) in [6.07, 6.45) is -0.0324. The van der Waals surface area contributed by atoms with E-state index in [9.17, 15) is 9.59 Å². The first kappa shape index (κ1) is 19.1. The average molecular weight is 403 g/mol. The van der Waals surface area contributed by atoms with Crippen molar-refractivity contribution in [3.05, 3.63) is 63.0 Å². The maximum Gasteiger partial charge on any atom is 0.311 e. The molecule has 0 fully saturated rings. The van der Waals surface area contributed by atoms with Gasteiger partial charge in [0.2, 0.25) is 0 Å². The van der Waals surface area contributed by atoms with E-state index in [1.165, 1.54) is 41.8 Å². The summed E-state index contributed by atoms with van der Waals surface area (Å²) >= 11 is 2.87. The third-order valence-corrected chi connectivity index (χ3v) is 5.25. The highest BCUT2D eigenvalue weighted by Gasteiger charge is 2.09. The fraction of sp³-hybridized carbons (Fsp3) is 0.222. The van der Waals surface area contributed by atoms with Crippen molar-refractivity contribution in [1.29, 1.82) is 0 Å². The zero-order valence-electron chi connectivity index (χ0n) is 14.8. The van der Waals surface area contributed by atoms with Crippen LogP contribution in [0.15, 0.2) is 45.7 Å². The number of nitrogens with one attached hydrogen (secondary N) is 2. The Morgan fingerprint density at radius 2 is 2.04 bits per heavy atom. The number of nitrogens with zero attached hydrogens (tertiary/aromatic N) is 2. The van der Waals surface area contributed by atoms with Crippen LogP contribution in [0.5, 0.6) is 0 Å². The second-order valence-corrected chi connectivity index (χ2v) is 7.54. The maximum atomic E-state index is 11.7. The summed E-state index contributed by atoms with van der Waals surface area (Å²) in [4.78, 5) is 34.6. The highest BCUT2D eigenvalue weighted by atomic mass is 32.2. The maximum absolute atomic E-state index is 11.7. The molecule has 0 aliphatic carbocycles. The Balaban J connectivity index is 1.62. The van der Waals surface area contributed by atoms with Crippen LogP contribution in [0.4, 0.5) is 10.8 Å². The van der Waals surface area contributed by atoms with Gasteiger partial charge >= 0.3 is 5.97 Å². The number of hydrogen-bond donors (Lipinski definition) is 2. The minimum absolute atomic E-state index is 0.0324. The van der Waals surface area contributed by atoms with E-state index in [0.717, 1.165) is 16.5 Å². The highest BCUT2D eigenvalue weighted by Crippen LogP contribution is 2.25. The molecule has 0 aliphatic heterocycles. The number of ether oxygens (including phenoxy) is 1. The van der Waals surface area contributed by atoms with Gasteiger partial charge in [-0.05, 0) is 19.1 Å². The summed E-state index contributed by atoms with van der Waals surface area (Å²) in [5.74, 6) is 0.117. The molecule has 7 nitrogen and oxygen atoms in total. The van der Waals surface area contributed by atoms with Gasteiger partial charge in [-0.1, -0.05) is 29.5 Å². The van der Waals surface area contributed by atoms with Crippen molar-refractivity contribution in [1.82, 2.24) is 15.0 Å². The van der Waals surface area contributed by atoms with Crippen molar-refractivity contribution in [3.8, 4) is 0 Å². The Kier molecular flexibility index (Phi) is 6.25. The first-order valence-electron chi connectivity index (χ1n) is 8.10. The summed E-state index contributed by atoms with van der Waals surface area (Å²) in [5.41, 5.74) is 3.14. The third-order valence-electron chi connectivity index (χ3n) is 3.54. The Labute approximate surface area is 164 Å².